The first-order valence-corrected chi connectivity index (χ1v) is 7.12. The van der Waals surface area contributed by atoms with E-state index in [2.05, 4.69) is 9.97 Å². The molecule has 2 aromatic rings. The molecule has 0 saturated heterocycles. The summed E-state index contributed by atoms with van der Waals surface area (Å²) in [5, 5.41) is 1.02. The number of thiazole rings is 1. The van der Waals surface area contributed by atoms with Crippen LogP contribution >= 0.6 is 22.9 Å². The Hall–Kier alpha value is -1.46. The van der Waals surface area contributed by atoms with Crippen LogP contribution in [-0.4, -0.2) is 22.8 Å². The van der Waals surface area contributed by atoms with Gasteiger partial charge in [0.2, 0.25) is 0 Å². The lowest BCUT2D eigenvalue weighted by molar-refractivity contribution is 0.112. The minimum Gasteiger partial charge on any atom is -0.342 e. The molecule has 4 nitrogen and oxygen atoms in total. The topological polar surface area (TPSA) is 46.1 Å². The highest BCUT2D eigenvalue weighted by Gasteiger charge is 2.14. The van der Waals surface area contributed by atoms with Crippen LogP contribution in [0.5, 0.6) is 0 Å². The molecule has 19 heavy (non-hydrogen) atoms. The molecule has 2 rings (SSSR count). The Morgan fingerprint density at radius 1 is 1.42 bits per heavy atom. The van der Waals surface area contributed by atoms with Gasteiger partial charge >= 0.3 is 0 Å². The van der Waals surface area contributed by atoms with Crippen LogP contribution in [0.3, 0.4) is 0 Å². The standard InChI is InChI=1S/C13H14ClN3OS/c1-3-17(7-10-6-4-5-9(2)15-10)13-16-12(14)11(8-18)19-13/h4-6,8H,3,7H2,1-2H3. The first-order valence-electron chi connectivity index (χ1n) is 5.93. The maximum Gasteiger partial charge on any atom is 0.187 e. The number of halogens is 1. The van der Waals surface area contributed by atoms with Gasteiger partial charge in [-0.1, -0.05) is 29.0 Å². The minimum atomic E-state index is 0.269. The van der Waals surface area contributed by atoms with E-state index in [9.17, 15) is 4.79 Å². The Labute approximate surface area is 121 Å². The van der Waals surface area contributed by atoms with Crippen molar-refractivity contribution in [3.63, 3.8) is 0 Å². The van der Waals surface area contributed by atoms with Crippen molar-refractivity contribution in [1.82, 2.24) is 9.97 Å². The van der Waals surface area contributed by atoms with Gasteiger partial charge in [-0.2, -0.15) is 0 Å². The number of rotatable bonds is 5. The van der Waals surface area contributed by atoms with Crippen molar-refractivity contribution in [2.75, 3.05) is 11.4 Å². The molecule has 0 atom stereocenters. The Bertz CT molecular complexity index is 585. The van der Waals surface area contributed by atoms with Gasteiger partial charge in [0.25, 0.3) is 0 Å². The van der Waals surface area contributed by atoms with E-state index < -0.39 is 0 Å². The Morgan fingerprint density at radius 2 is 2.21 bits per heavy atom. The van der Waals surface area contributed by atoms with E-state index in [0.717, 1.165) is 29.4 Å². The number of aldehydes is 1. The lowest BCUT2D eigenvalue weighted by Gasteiger charge is -2.19. The summed E-state index contributed by atoms with van der Waals surface area (Å²) in [6, 6.07) is 5.92. The molecule has 0 N–H and O–H groups in total. The highest BCUT2D eigenvalue weighted by molar-refractivity contribution is 7.17. The molecule has 6 heteroatoms. The molecular formula is C13H14ClN3OS. The Balaban J connectivity index is 2.22. The fourth-order valence-corrected chi connectivity index (χ4v) is 2.83. The maximum absolute atomic E-state index is 10.8. The fraction of sp³-hybridized carbons (Fsp3) is 0.308. The predicted octanol–water partition coefficient (Wildman–Crippen LogP) is 3.34. The molecule has 0 aliphatic carbocycles. The third-order valence-electron chi connectivity index (χ3n) is 2.66. The Kier molecular flexibility index (Phi) is 4.50. The molecule has 0 bridgehead atoms. The zero-order chi connectivity index (χ0) is 13.8. The summed E-state index contributed by atoms with van der Waals surface area (Å²) in [6.07, 6.45) is 0.738. The van der Waals surface area contributed by atoms with Crippen LogP contribution in [0.4, 0.5) is 5.13 Å². The smallest absolute Gasteiger partial charge is 0.187 e. The van der Waals surface area contributed by atoms with Crippen molar-refractivity contribution in [3.8, 4) is 0 Å². The van der Waals surface area contributed by atoms with Gasteiger partial charge in [-0.15, -0.1) is 0 Å². The third-order valence-corrected chi connectivity index (χ3v) is 4.10. The molecule has 2 heterocycles. The lowest BCUT2D eigenvalue weighted by Crippen LogP contribution is -2.22. The molecular weight excluding hydrogens is 282 g/mol. The number of hydrogen-bond acceptors (Lipinski definition) is 5. The molecule has 2 aromatic heterocycles. The van der Waals surface area contributed by atoms with E-state index in [1.807, 2.05) is 36.9 Å². The van der Waals surface area contributed by atoms with Crippen molar-refractivity contribution in [2.24, 2.45) is 0 Å². The number of anilines is 1. The molecule has 0 aliphatic heterocycles. The average Bonchev–Trinajstić information content (AvgIpc) is 2.77. The molecule has 0 aromatic carbocycles. The number of carbonyl (C=O) groups is 1. The zero-order valence-corrected chi connectivity index (χ0v) is 12.3. The number of carbonyl (C=O) groups excluding carboxylic acids is 1. The summed E-state index contributed by atoms with van der Waals surface area (Å²) in [5.74, 6) is 0. The summed E-state index contributed by atoms with van der Waals surface area (Å²) in [4.78, 5) is 22.0. The Morgan fingerprint density at radius 3 is 2.79 bits per heavy atom. The van der Waals surface area contributed by atoms with Gasteiger partial charge < -0.3 is 4.90 Å². The van der Waals surface area contributed by atoms with Crippen LogP contribution < -0.4 is 4.90 Å². The molecule has 0 fully saturated rings. The van der Waals surface area contributed by atoms with Crippen LogP contribution in [0.2, 0.25) is 5.15 Å². The van der Waals surface area contributed by atoms with Gasteiger partial charge in [-0.3, -0.25) is 9.78 Å². The molecule has 0 amide bonds. The fourth-order valence-electron chi connectivity index (χ4n) is 1.71. The number of aromatic nitrogens is 2. The minimum absolute atomic E-state index is 0.269. The third kappa shape index (κ3) is 3.30. The number of pyridine rings is 1. The first kappa shape index (κ1) is 14.0. The molecule has 0 saturated carbocycles. The molecule has 0 unspecified atom stereocenters. The van der Waals surface area contributed by atoms with Crippen LogP contribution in [0.15, 0.2) is 18.2 Å². The predicted molar refractivity (Wildman–Crippen MR) is 78.2 cm³/mol. The second-order valence-corrected chi connectivity index (χ2v) is 5.42. The maximum atomic E-state index is 10.8. The van der Waals surface area contributed by atoms with E-state index in [4.69, 9.17) is 11.6 Å². The zero-order valence-electron chi connectivity index (χ0n) is 10.8. The largest absolute Gasteiger partial charge is 0.342 e. The van der Waals surface area contributed by atoms with Gasteiger partial charge in [0.15, 0.2) is 16.6 Å². The SMILES string of the molecule is CCN(Cc1cccc(C)n1)c1nc(Cl)c(C=O)s1. The van der Waals surface area contributed by atoms with Crippen LogP contribution in [-0.2, 0) is 6.54 Å². The van der Waals surface area contributed by atoms with Gasteiger partial charge in [0.1, 0.15) is 4.88 Å². The summed E-state index contributed by atoms with van der Waals surface area (Å²) in [5.41, 5.74) is 1.96. The average molecular weight is 296 g/mol. The second kappa shape index (κ2) is 6.12. The van der Waals surface area contributed by atoms with Crippen molar-refractivity contribution < 1.29 is 4.79 Å². The number of hydrogen-bond donors (Lipinski definition) is 0. The van der Waals surface area contributed by atoms with E-state index >= 15 is 0 Å². The van der Waals surface area contributed by atoms with Crippen molar-refractivity contribution in [3.05, 3.63) is 39.6 Å². The van der Waals surface area contributed by atoms with E-state index in [0.29, 0.717) is 11.4 Å². The summed E-state index contributed by atoms with van der Waals surface area (Å²) in [7, 11) is 0. The van der Waals surface area contributed by atoms with Crippen LogP contribution in [0, 0.1) is 6.92 Å². The molecule has 0 spiro atoms. The van der Waals surface area contributed by atoms with Crippen LogP contribution in [0.1, 0.15) is 28.0 Å². The van der Waals surface area contributed by atoms with E-state index in [-0.39, 0.29) is 5.15 Å². The molecule has 0 radical (unpaired) electrons. The van der Waals surface area contributed by atoms with Gasteiger partial charge in [-0.05, 0) is 26.0 Å². The van der Waals surface area contributed by atoms with E-state index in [1.165, 1.54) is 11.3 Å². The van der Waals surface area contributed by atoms with E-state index in [1.54, 1.807) is 0 Å². The highest BCUT2D eigenvalue weighted by Crippen LogP contribution is 2.28. The summed E-state index contributed by atoms with van der Waals surface area (Å²) < 4.78 is 0. The van der Waals surface area contributed by atoms with Crippen molar-refractivity contribution in [1.29, 1.82) is 0 Å². The van der Waals surface area contributed by atoms with Crippen molar-refractivity contribution >= 4 is 34.4 Å². The van der Waals surface area contributed by atoms with Crippen LogP contribution in [0.25, 0.3) is 0 Å². The second-order valence-electron chi connectivity index (χ2n) is 4.05. The molecule has 100 valence electrons. The van der Waals surface area contributed by atoms with Crippen molar-refractivity contribution in [2.45, 2.75) is 20.4 Å². The summed E-state index contributed by atoms with van der Waals surface area (Å²) >= 11 is 7.20. The normalized spacial score (nSPS) is 10.5. The monoisotopic (exact) mass is 295 g/mol. The number of nitrogens with zero attached hydrogens (tertiary/aromatic N) is 3. The molecule has 0 aliphatic rings. The lowest BCUT2D eigenvalue weighted by atomic mass is 10.3. The van der Waals surface area contributed by atoms with Gasteiger partial charge in [0, 0.05) is 12.2 Å². The quantitative estimate of drug-likeness (QED) is 0.794. The van der Waals surface area contributed by atoms with Gasteiger partial charge in [0.05, 0.1) is 12.2 Å². The highest BCUT2D eigenvalue weighted by atomic mass is 35.5. The summed E-state index contributed by atoms with van der Waals surface area (Å²) in [6.45, 7) is 5.42. The van der Waals surface area contributed by atoms with Gasteiger partial charge in [-0.25, -0.2) is 4.98 Å². The number of aryl methyl sites for hydroxylation is 1. The first-order chi connectivity index (χ1) is 9.13.